The number of hydrogen-bond donors (Lipinski definition) is 2. The van der Waals surface area contributed by atoms with Crippen LogP contribution >= 0.6 is 0 Å². The zero-order valence-corrected chi connectivity index (χ0v) is 10.4. The number of primary amides is 1. The number of ether oxygens (including phenoxy) is 1. The molecule has 100 valence electrons. The van der Waals surface area contributed by atoms with Gasteiger partial charge in [-0.1, -0.05) is 0 Å². The number of nitrogens with zero attached hydrogens (tertiary/aromatic N) is 3. The molecule has 2 heterocycles. The van der Waals surface area contributed by atoms with Crippen molar-refractivity contribution in [1.29, 1.82) is 0 Å². The van der Waals surface area contributed by atoms with E-state index in [1.807, 2.05) is 0 Å². The molecule has 0 aliphatic heterocycles. The highest BCUT2D eigenvalue weighted by Gasteiger charge is 2.09. The van der Waals surface area contributed by atoms with Gasteiger partial charge in [0.1, 0.15) is 11.6 Å². The van der Waals surface area contributed by atoms with Gasteiger partial charge < -0.3 is 16.2 Å². The Morgan fingerprint density at radius 1 is 1.25 bits per heavy atom. The van der Waals surface area contributed by atoms with Crippen molar-refractivity contribution in [2.45, 2.75) is 0 Å². The number of nitrogens with two attached hydrogens (primary N) is 2. The van der Waals surface area contributed by atoms with Crippen molar-refractivity contribution in [1.82, 2.24) is 14.4 Å². The second kappa shape index (κ2) is 4.54. The number of fused-ring (bicyclic) bond motifs is 1. The fourth-order valence-electron chi connectivity index (χ4n) is 1.79. The van der Waals surface area contributed by atoms with Gasteiger partial charge in [0.15, 0.2) is 0 Å². The van der Waals surface area contributed by atoms with Crippen molar-refractivity contribution in [3.05, 3.63) is 48.4 Å². The third-order valence-electron chi connectivity index (χ3n) is 2.72. The molecule has 3 rings (SSSR count). The van der Waals surface area contributed by atoms with E-state index in [2.05, 4.69) is 9.97 Å². The Morgan fingerprint density at radius 3 is 2.70 bits per heavy atom. The molecular weight excluding hydrogens is 258 g/mol. The highest BCUT2D eigenvalue weighted by molar-refractivity contribution is 5.92. The third-order valence-corrected chi connectivity index (χ3v) is 2.72. The SMILES string of the molecule is NC(=O)c1ccc(Oc2nc(N)cn3ccnc23)cc1. The average Bonchev–Trinajstić information content (AvgIpc) is 2.87. The minimum absolute atomic E-state index is 0.293. The molecule has 0 saturated carbocycles. The Bertz CT molecular complexity index is 779. The first kappa shape index (κ1) is 12.0. The molecule has 3 aromatic rings. The normalized spacial score (nSPS) is 10.6. The zero-order chi connectivity index (χ0) is 14.1. The molecule has 0 atom stereocenters. The Morgan fingerprint density at radius 2 is 2.00 bits per heavy atom. The molecular formula is C13H11N5O2. The van der Waals surface area contributed by atoms with Crippen LogP contribution < -0.4 is 16.2 Å². The van der Waals surface area contributed by atoms with Gasteiger partial charge in [-0.05, 0) is 24.3 Å². The predicted molar refractivity (Wildman–Crippen MR) is 72.4 cm³/mol. The molecule has 0 saturated heterocycles. The standard InChI is InChI=1S/C13H11N5O2/c14-10-7-18-6-5-16-12(18)13(17-10)20-9-3-1-8(2-4-9)11(15)19/h1-7H,14H2,(H2,15,19). The number of rotatable bonds is 3. The zero-order valence-electron chi connectivity index (χ0n) is 10.4. The van der Waals surface area contributed by atoms with E-state index in [9.17, 15) is 4.79 Å². The summed E-state index contributed by atoms with van der Waals surface area (Å²) in [6, 6.07) is 6.41. The van der Waals surface area contributed by atoms with Crippen molar-refractivity contribution in [3.63, 3.8) is 0 Å². The topological polar surface area (TPSA) is 109 Å². The summed E-state index contributed by atoms with van der Waals surface area (Å²) < 4.78 is 7.36. The lowest BCUT2D eigenvalue weighted by Gasteiger charge is -2.07. The number of carbonyl (C=O) groups is 1. The molecule has 4 N–H and O–H groups in total. The van der Waals surface area contributed by atoms with E-state index in [0.29, 0.717) is 28.7 Å². The molecule has 0 bridgehead atoms. The number of nitrogen functional groups attached to an aromatic ring is 1. The molecule has 7 heteroatoms. The molecule has 0 aliphatic rings. The summed E-state index contributed by atoms with van der Waals surface area (Å²) in [4.78, 5) is 19.2. The summed E-state index contributed by atoms with van der Waals surface area (Å²) in [6.45, 7) is 0. The van der Waals surface area contributed by atoms with Crippen LogP contribution in [-0.4, -0.2) is 20.3 Å². The smallest absolute Gasteiger partial charge is 0.265 e. The number of carbonyl (C=O) groups excluding carboxylic acids is 1. The number of hydrogen-bond acceptors (Lipinski definition) is 5. The molecule has 0 aliphatic carbocycles. The van der Waals surface area contributed by atoms with Crippen LogP contribution in [-0.2, 0) is 0 Å². The third kappa shape index (κ3) is 2.12. The lowest BCUT2D eigenvalue weighted by molar-refractivity contribution is 0.100. The number of aromatic nitrogens is 3. The van der Waals surface area contributed by atoms with E-state index in [0.717, 1.165) is 0 Å². The largest absolute Gasteiger partial charge is 0.436 e. The van der Waals surface area contributed by atoms with Gasteiger partial charge in [-0.25, -0.2) is 4.98 Å². The fourth-order valence-corrected chi connectivity index (χ4v) is 1.79. The summed E-state index contributed by atoms with van der Waals surface area (Å²) in [5.41, 5.74) is 11.8. The van der Waals surface area contributed by atoms with Crippen molar-refractivity contribution in [3.8, 4) is 11.6 Å². The number of anilines is 1. The Hall–Kier alpha value is -3.09. The summed E-state index contributed by atoms with van der Waals surface area (Å²) in [6.07, 6.45) is 5.02. The summed E-state index contributed by atoms with van der Waals surface area (Å²) in [5.74, 6) is 0.633. The lowest BCUT2D eigenvalue weighted by Crippen LogP contribution is -2.10. The van der Waals surface area contributed by atoms with Gasteiger partial charge in [0.2, 0.25) is 11.6 Å². The van der Waals surface area contributed by atoms with Crippen molar-refractivity contribution in [2.75, 3.05) is 5.73 Å². The molecule has 0 fully saturated rings. The van der Waals surface area contributed by atoms with Gasteiger partial charge in [-0.15, -0.1) is 0 Å². The highest BCUT2D eigenvalue weighted by atomic mass is 16.5. The van der Waals surface area contributed by atoms with E-state index >= 15 is 0 Å². The van der Waals surface area contributed by atoms with E-state index in [4.69, 9.17) is 16.2 Å². The molecule has 7 nitrogen and oxygen atoms in total. The van der Waals surface area contributed by atoms with Crippen molar-refractivity contribution in [2.24, 2.45) is 5.73 Å². The molecule has 1 aromatic carbocycles. The van der Waals surface area contributed by atoms with E-state index < -0.39 is 5.91 Å². The van der Waals surface area contributed by atoms with Crippen LogP contribution in [0.15, 0.2) is 42.9 Å². The molecule has 0 radical (unpaired) electrons. The van der Waals surface area contributed by atoms with Crippen LogP contribution in [0.5, 0.6) is 11.6 Å². The summed E-state index contributed by atoms with van der Waals surface area (Å²) in [5, 5.41) is 0. The van der Waals surface area contributed by atoms with E-state index in [1.165, 1.54) is 0 Å². The van der Waals surface area contributed by atoms with E-state index in [-0.39, 0.29) is 0 Å². The van der Waals surface area contributed by atoms with Crippen LogP contribution in [0.1, 0.15) is 10.4 Å². The van der Waals surface area contributed by atoms with Crippen molar-refractivity contribution >= 4 is 17.4 Å². The van der Waals surface area contributed by atoms with Crippen LogP contribution in [0.3, 0.4) is 0 Å². The fraction of sp³-hybridized carbons (Fsp3) is 0. The number of benzene rings is 1. The van der Waals surface area contributed by atoms with Gasteiger partial charge in [0.05, 0.1) is 6.20 Å². The maximum absolute atomic E-state index is 11.0. The van der Waals surface area contributed by atoms with Gasteiger partial charge in [-0.3, -0.25) is 9.20 Å². The monoisotopic (exact) mass is 269 g/mol. The predicted octanol–water partition coefficient (Wildman–Crippen LogP) is 1.20. The maximum Gasteiger partial charge on any atom is 0.265 e. The second-order valence-electron chi connectivity index (χ2n) is 4.12. The first-order valence-electron chi connectivity index (χ1n) is 5.80. The summed E-state index contributed by atoms with van der Waals surface area (Å²) in [7, 11) is 0. The second-order valence-corrected chi connectivity index (χ2v) is 4.12. The lowest BCUT2D eigenvalue weighted by atomic mass is 10.2. The molecule has 0 unspecified atom stereocenters. The summed E-state index contributed by atoms with van der Waals surface area (Å²) >= 11 is 0. The van der Waals surface area contributed by atoms with Gasteiger partial charge >= 0.3 is 0 Å². The van der Waals surface area contributed by atoms with Gasteiger partial charge in [0.25, 0.3) is 5.88 Å². The van der Waals surface area contributed by atoms with Crippen LogP contribution in [0.2, 0.25) is 0 Å². The molecule has 0 spiro atoms. The number of imidazole rings is 1. The van der Waals surface area contributed by atoms with E-state index in [1.54, 1.807) is 47.3 Å². The minimum atomic E-state index is -0.491. The molecule has 2 aromatic heterocycles. The minimum Gasteiger partial charge on any atom is -0.436 e. The number of amides is 1. The quantitative estimate of drug-likeness (QED) is 0.742. The molecule has 1 amide bonds. The molecule has 20 heavy (non-hydrogen) atoms. The van der Waals surface area contributed by atoms with Crippen LogP contribution in [0, 0.1) is 0 Å². The van der Waals surface area contributed by atoms with Gasteiger partial charge in [0, 0.05) is 18.0 Å². The van der Waals surface area contributed by atoms with Crippen LogP contribution in [0.4, 0.5) is 5.82 Å². The maximum atomic E-state index is 11.0. The van der Waals surface area contributed by atoms with Crippen LogP contribution in [0.25, 0.3) is 5.65 Å². The Balaban J connectivity index is 1.96. The highest BCUT2D eigenvalue weighted by Crippen LogP contribution is 2.24. The van der Waals surface area contributed by atoms with Crippen molar-refractivity contribution < 1.29 is 9.53 Å². The van der Waals surface area contributed by atoms with Gasteiger partial charge in [-0.2, -0.15) is 4.98 Å². The Kier molecular flexibility index (Phi) is 2.72. The Labute approximate surface area is 113 Å². The average molecular weight is 269 g/mol. The first-order chi connectivity index (χ1) is 9.63. The first-order valence-corrected chi connectivity index (χ1v) is 5.80.